The molecule has 0 radical (unpaired) electrons. The number of methoxy groups -OCH3 is 1. The molecule has 0 spiro atoms. The number of ether oxygens (including phenoxy) is 5. The van der Waals surface area contributed by atoms with E-state index < -0.39 is 33.9 Å². The van der Waals surface area contributed by atoms with Crippen LogP contribution >= 0.6 is 0 Å². The number of aromatic nitrogens is 3. The fourth-order valence-electron chi connectivity index (χ4n) is 9.06. The first-order chi connectivity index (χ1) is 28.9. The lowest BCUT2D eigenvalue weighted by molar-refractivity contribution is -0.384. The van der Waals surface area contributed by atoms with Gasteiger partial charge in [-0.25, -0.2) is 13.6 Å². The van der Waals surface area contributed by atoms with Gasteiger partial charge in [0.05, 0.1) is 21.4 Å². The molecule has 0 bridgehead atoms. The SMILES string of the molecule is CCc1c(F)ccc2cc(OCOC)cc(-c3ncc4c(N5CCC[C@@](C)(O)C5)nc(OC[C@@]56CCCN5[C@H](COC(=O)Oc5ccc([N+](=O)[O-])cc5)CC6)nc4c3F)c12. The lowest BCUT2D eigenvalue weighted by Crippen LogP contribution is -2.48. The molecule has 3 aliphatic heterocycles. The molecular formula is C43H46F2N6O9. The summed E-state index contributed by atoms with van der Waals surface area (Å²) in [5, 5.41) is 23.5. The van der Waals surface area contributed by atoms with Crippen LogP contribution in [0.3, 0.4) is 0 Å². The van der Waals surface area contributed by atoms with E-state index in [2.05, 4.69) is 14.9 Å². The Morgan fingerprint density at radius 3 is 2.58 bits per heavy atom. The Hall–Kier alpha value is -5.78. The highest BCUT2D eigenvalue weighted by molar-refractivity contribution is 6.02. The maximum atomic E-state index is 17.3. The fraction of sp³-hybridized carbons (Fsp3) is 0.442. The zero-order valence-electron chi connectivity index (χ0n) is 33.6. The molecule has 0 unspecified atom stereocenters. The van der Waals surface area contributed by atoms with E-state index in [0.717, 1.165) is 25.8 Å². The van der Waals surface area contributed by atoms with Gasteiger partial charge in [0.25, 0.3) is 5.69 Å². The van der Waals surface area contributed by atoms with Crippen molar-refractivity contribution in [2.75, 3.05) is 51.7 Å². The van der Waals surface area contributed by atoms with Crippen LogP contribution in [0.2, 0.25) is 0 Å². The Balaban J connectivity index is 1.10. The first kappa shape index (κ1) is 41.0. The Bertz CT molecular complexity index is 2440. The highest BCUT2D eigenvalue weighted by Gasteiger charge is 2.50. The number of nitrogens with zero attached hydrogens (tertiary/aromatic N) is 6. The van der Waals surface area contributed by atoms with Crippen LogP contribution in [0.1, 0.15) is 57.9 Å². The topological polar surface area (TPSA) is 172 Å². The van der Waals surface area contributed by atoms with Crippen molar-refractivity contribution in [3.8, 4) is 28.8 Å². The number of fused-ring (bicyclic) bond motifs is 3. The Labute approximate surface area is 344 Å². The second kappa shape index (κ2) is 16.7. The molecule has 3 aliphatic rings. The minimum absolute atomic E-state index is 0.0407. The molecule has 17 heteroatoms. The largest absolute Gasteiger partial charge is 0.513 e. The quantitative estimate of drug-likeness (QED) is 0.0406. The van der Waals surface area contributed by atoms with Gasteiger partial charge in [-0.2, -0.15) is 9.97 Å². The summed E-state index contributed by atoms with van der Waals surface area (Å²) in [7, 11) is 1.49. The van der Waals surface area contributed by atoms with Crippen molar-refractivity contribution in [3.63, 3.8) is 0 Å². The molecule has 0 saturated carbocycles. The van der Waals surface area contributed by atoms with Gasteiger partial charge in [-0.1, -0.05) is 13.0 Å². The third-order valence-corrected chi connectivity index (χ3v) is 11.9. The van der Waals surface area contributed by atoms with Gasteiger partial charge in [-0.15, -0.1) is 0 Å². The number of hydrogen-bond donors (Lipinski definition) is 1. The van der Waals surface area contributed by atoms with E-state index in [4.69, 9.17) is 28.7 Å². The number of nitro groups is 1. The second-order valence-corrected chi connectivity index (χ2v) is 16.0. The molecule has 2 aromatic heterocycles. The van der Waals surface area contributed by atoms with Crippen LogP contribution in [0.25, 0.3) is 32.9 Å². The molecule has 3 atom stereocenters. The molecule has 60 heavy (non-hydrogen) atoms. The molecule has 5 aromatic rings. The molecule has 8 rings (SSSR count). The average molecular weight is 829 g/mol. The number of aryl methyl sites for hydroxylation is 1. The van der Waals surface area contributed by atoms with Crippen molar-refractivity contribution >= 4 is 39.3 Å². The lowest BCUT2D eigenvalue weighted by Gasteiger charge is -2.38. The monoisotopic (exact) mass is 828 g/mol. The Morgan fingerprint density at radius 2 is 1.83 bits per heavy atom. The smallest absolute Gasteiger partial charge is 0.468 e. The van der Waals surface area contributed by atoms with Crippen LogP contribution in [0, 0.1) is 21.7 Å². The van der Waals surface area contributed by atoms with Crippen LogP contribution < -0.4 is 19.1 Å². The summed E-state index contributed by atoms with van der Waals surface area (Å²) >= 11 is 0. The van der Waals surface area contributed by atoms with Gasteiger partial charge in [-0.05, 0) is 105 Å². The number of non-ortho nitro benzene ring substituents is 1. The summed E-state index contributed by atoms with van der Waals surface area (Å²) in [6.07, 6.45) is 5.35. The predicted octanol–water partition coefficient (Wildman–Crippen LogP) is 7.52. The van der Waals surface area contributed by atoms with Crippen molar-refractivity contribution < 1.29 is 47.3 Å². The van der Waals surface area contributed by atoms with E-state index in [0.29, 0.717) is 71.1 Å². The number of aliphatic hydroxyl groups is 1. The van der Waals surface area contributed by atoms with Gasteiger partial charge in [0.15, 0.2) is 12.6 Å². The molecule has 3 fully saturated rings. The molecule has 5 heterocycles. The summed E-state index contributed by atoms with van der Waals surface area (Å²) in [5.41, 5.74) is -0.916. The van der Waals surface area contributed by atoms with E-state index in [1.807, 2.05) is 11.8 Å². The minimum atomic E-state index is -1.01. The Kier molecular flexibility index (Phi) is 11.4. The number of carbonyl (C=O) groups is 1. The summed E-state index contributed by atoms with van der Waals surface area (Å²) < 4.78 is 60.7. The number of anilines is 1. The standard InChI is InChI=1S/C43H46F2N6O9/c1-4-31-34(44)12-7-26-19-30(59-25-56-3)20-32(35(26)31)37-36(45)38-33(21-46-37)39(49-17-5-14-42(2,53)23-49)48-40(47-38)58-24-43-15-6-18-50(43)28(13-16-43)22-57-41(52)60-29-10-8-27(9-11-29)51(54)55/h7-12,19-21,28,53H,4-6,13-18,22-25H2,1-3H3/t28-,42+,43-/m0/s1. The van der Waals surface area contributed by atoms with E-state index in [9.17, 15) is 20.0 Å². The zero-order valence-corrected chi connectivity index (χ0v) is 33.6. The molecule has 3 aromatic carbocycles. The summed E-state index contributed by atoms with van der Waals surface area (Å²) in [4.78, 5) is 41.3. The number of rotatable bonds is 13. The van der Waals surface area contributed by atoms with Crippen molar-refractivity contribution in [1.82, 2.24) is 19.9 Å². The number of β-amino-alcohol motifs (C(OH)–C–C–N with tert-alkyl or cyclic N) is 1. The first-order valence-corrected chi connectivity index (χ1v) is 20.1. The van der Waals surface area contributed by atoms with Gasteiger partial charge in [0, 0.05) is 50.1 Å². The van der Waals surface area contributed by atoms with E-state index >= 15 is 8.78 Å². The summed E-state index contributed by atoms with van der Waals surface area (Å²) in [5.74, 6) is -0.278. The lowest BCUT2D eigenvalue weighted by atomic mass is 9.94. The molecule has 316 valence electrons. The summed E-state index contributed by atoms with van der Waals surface area (Å²) in [6, 6.07) is 11.4. The maximum absolute atomic E-state index is 17.3. The molecule has 0 amide bonds. The number of nitro benzene ring substituents is 1. The van der Waals surface area contributed by atoms with E-state index in [-0.39, 0.29) is 61.3 Å². The Morgan fingerprint density at radius 1 is 1.03 bits per heavy atom. The number of carbonyl (C=O) groups excluding carboxylic acids is 1. The predicted molar refractivity (Wildman–Crippen MR) is 216 cm³/mol. The highest BCUT2D eigenvalue weighted by Crippen LogP contribution is 2.44. The van der Waals surface area contributed by atoms with Gasteiger partial charge in [0.2, 0.25) is 0 Å². The highest BCUT2D eigenvalue weighted by atomic mass is 19.1. The number of benzene rings is 3. The summed E-state index contributed by atoms with van der Waals surface area (Å²) in [6.45, 7) is 5.33. The third-order valence-electron chi connectivity index (χ3n) is 11.9. The van der Waals surface area contributed by atoms with E-state index in [1.165, 1.54) is 43.6 Å². The van der Waals surface area contributed by atoms with Gasteiger partial charge < -0.3 is 33.7 Å². The molecule has 15 nitrogen and oxygen atoms in total. The third kappa shape index (κ3) is 8.08. The number of piperidine rings is 1. The van der Waals surface area contributed by atoms with Crippen molar-refractivity contribution in [1.29, 1.82) is 0 Å². The maximum Gasteiger partial charge on any atom is 0.513 e. The van der Waals surface area contributed by atoms with Crippen LogP contribution in [0.4, 0.5) is 25.1 Å². The van der Waals surface area contributed by atoms with Gasteiger partial charge in [-0.3, -0.25) is 20.0 Å². The van der Waals surface area contributed by atoms with Crippen LogP contribution in [-0.2, 0) is 15.9 Å². The fourth-order valence-corrected chi connectivity index (χ4v) is 9.06. The van der Waals surface area contributed by atoms with Crippen molar-refractivity contribution in [3.05, 3.63) is 82.0 Å². The molecule has 1 N–H and O–H groups in total. The van der Waals surface area contributed by atoms with Gasteiger partial charge >= 0.3 is 12.2 Å². The number of pyridine rings is 1. The normalized spacial score (nSPS) is 21.6. The zero-order chi connectivity index (χ0) is 42.2. The van der Waals surface area contributed by atoms with Gasteiger partial charge in [0.1, 0.15) is 47.6 Å². The van der Waals surface area contributed by atoms with Crippen LogP contribution in [-0.4, -0.2) is 100.0 Å². The van der Waals surface area contributed by atoms with Crippen LogP contribution in [0.5, 0.6) is 17.5 Å². The van der Waals surface area contributed by atoms with Crippen LogP contribution in [0.15, 0.2) is 54.7 Å². The number of halogens is 2. The molecule has 0 aliphatic carbocycles. The molecular weight excluding hydrogens is 783 g/mol. The first-order valence-electron chi connectivity index (χ1n) is 20.1. The van der Waals surface area contributed by atoms with Crippen molar-refractivity contribution in [2.24, 2.45) is 0 Å². The number of hydrogen-bond acceptors (Lipinski definition) is 14. The second-order valence-electron chi connectivity index (χ2n) is 16.0. The van der Waals surface area contributed by atoms with Crippen molar-refractivity contribution in [2.45, 2.75) is 76.0 Å². The minimum Gasteiger partial charge on any atom is -0.468 e. The molecule has 3 saturated heterocycles. The average Bonchev–Trinajstić information content (AvgIpc) is 3.80. The van der Waals surface area contributed by atoms with E-state index in [1.54, 1.807) is 25.1 Å².